The minimum atomic E-state index is -3.91. The fraction of sp³-hybridized carbons (Fsp3) is 0.471. The number of rotatable bonds is 10. The molecular formula is C17H24N2O6S. The highest BCUT2D eigenvalue weighted by molar-refractivity contribution is 7.89. The van der Waals surface area contributed by atoms with Crippen LogP contribution in [-0.2, 0) is 24.3 Å². The summed E-state index contributed by atoms with van der Waals surface area (Å²) in [6.07, 6.45) is 1.97. The Labute approximate surface area is 153 Å². The van der Waals surface area contributed by atoms with E-state index in [1.807, 2.05) is 6.92 Å². The van der Waals surface area contributed by atoms with Crippen LogP contribution < -0.4 is 10.0 Å². The standard InChI is InChI=1S/C17H24N2O6S/c1-4-5-6-15(17(22)25-3)19-16(21)11-18-26(23,24)14-9-7-13(8-10-14)12(2)20/h7-10,15,18H,4-6,11H2,1-3H3,(H,19,21). The second-order valence-corrected chi connectivity index (χ2v) is 7.46. The summed E-state index contributed by atoms with van der Waals surface area (Å²) in [5.74, 6) is -1.39. The first-order valence-corrected chi connectivity index (χ1v) is 9.67. The third-order valence-corrected chi connectivity index (χ3v) is 5.08. The molecule has 9 heteroatoms. The van der Waals surface area contributed by atoms with Gasteiger partial charge < -0.3 is 10.1 Å². The van der Waals surface area contributed by atoms with E-state index in [9.17, 15) is 22.8 Å². The molecule has 26 heavy (non-hydrogen) atoms. The molecule has 0 bridgehead atoms. The fourth-order valence-corrected chi connectivity index (χ4v) is 3.14. The molecule has 0 spiro atoms. The lowest BCUT2D eigenvalue weighted by Gasteiger charge is -2.16. The van der Waals surface area contributed by atoms with Gasteiger partial charge in [-0.3, -0.25) is 9.59 Å². The highest BCUT2D eigenvalue weighted by Gasteiger charge is 2.22. The van der Waals surface area contributed by atoms with Crippen molar-refractivity contribution in [3.63, 3.8) is 0 Å². The molecular weight excluding hydrogens is 360 g/mol. The summed E-state index contributed by atoms with van der Waals surface area (Å²) in [7, 11) is -2.69. The maximum atomic E-state index is 12.2. The van der Waals surface area contributed by atoms with Crippen molar-refractivity contribution >= 4 is 27.7 Å². The van der Waals surface area contributed by atoms with Crippen LogP contribution in [0.5, 0.6) is 0 Å². The van der Waals surface area contributed by atoms with E-state index in [2.05, 4.69) is 14.8 Å². The number of unbranched alkanes of at least 4 members (excludes halogenated alkanes) is 1. The molecule has 0 saturated heterocycles. The Morgan fingerprint density at radius 3 is 2.27 bits per heavy atom. The predicted molar refractivity (Wildman–Crippen MR) is 95.1 cm³/mol. The van der Waals surface area contributed by atoms with Crippen molar-refractivity contribution in [3.05, 3.63) is 29.8 Å². The van der Waals surface area contributed by atoms with E-state index in [0.29, 0.717) is 18.4 Å². The van der Waals surface area contributed by atoms with Crippen LogP contribution in [0.2, 0.25) is 0 Å². The van der Waals surface area contributed by atoms with Crippen molar-refractivity contribution in [2.24, 2.45) is 0 Å². The SMILES string of the molecule is CCCCC(NC(=O)CNS(=O)(=O)c1ccc(C(C)=O)cc1)C(=O)OC. The van der Waals surface area contributed by atoms with Gasteiger partial charge in [-0.2, -0.15) is 0 Å². The lowest BCUT2D eigenvalue weighted by atomic mass is 10.1. The number of nitrogens with one attached hydrogen (secondary N) is 2. The second kappa shape index (κ2) is 10.0. The third kappa shape index (κ3) is 6.57. The molecule has 0 saturated carbocycles. The number of methoxy groups -OCH3 is 1. The maximum Gasteiger partial charge on any atom is 0.328 e. The minimum absolute atomic E-state index is 0.0641. The van der Waals surface area contributed by atoms with Gasteiger partial charge in [0.1, 0.15) is 6.04 Å². The largest absolute Gasteiger partial charge is 0.467 e. The molecule has 0 aliphatic carbocycles. The summed E-state index contributed by atoms with van der Waals surface area (Å²) < 4.78 is 31.2. The molecule has 0 heterocycles. The average molecular weight is 384 g/mol. The molecule has 1 aromatic rings. The summed E-state index contributed by atoms with van der Waals surface area (Å²) in [5, 5.41) is 2.47. The van der Waals surface area contributed by atoms with Gasteiger partial charge in [0.05, 0.1) is 18.6 Å². The van der Waals surface area contributed by atoms with Crippen LogP contribution in [0.15, 0.2) is 29.2 Å². The monoisotopic (exact) mass is 384 g/mol. The van der Waals surface area contributed by atoms with E-state index in [1.54, 1.807) is 0 Å². The third-order valence-electron chi connectivity index (χ3n) is 3.66. The van der Waals surface area contributed by atoms with E-state index in [4.69, 9.17) is 0 Å². The van der Waals surface area contributed by atoms with Gasteiger partial charge in [-0.1, -0.05) is 31.9 Å². The van der Waals surface area contributed by atoms with E-state index in [1.165, 1.54) is 38.3 Å². The summed E-state index contributed by atoms with van der Waals surface area (Å²) in [6, 6.07) is 4.56. The summed E-state index contributed by atoms with van der Waals surface area (Å²) in [5.41, 5.74) is 0.388. The van der Waals surface area contributed by atoms with Crippen LogP contribution in [0.25, 0.3) is 0 Å². The van der Waals surface area contributed by atoms with E-state index < -0.39 is 34.5 Å². The maximum absolute atomic E-state index is 12.2. The zero-order valence-corrected chi connectivity index (χ0v) is 15.9. The van der Waals surface area contributed by atoms with Crippen molar-refractivity contribution in [2.75, 3.05) is 13.7 Å². The number of amides is 1. The Balaban J connectivity index is 2.68. The number of carbonyl (C=O) groups excluding carboxylic acids is 3. The Hall–Kier alpha value is -2.26. The Morgan fingerprint density at radius 2 is 1.77 bits per heavy atom. The molecule has 1 amide bonds. The Morgan fingerprint density at radius 1 is 1.15 bits per heavy atom. The number of hydrogen-bond acceptors (Lipinski definition) is 6. The van der Waals surface area contributed by atoms with Crippen LogP contribution in [0.4, 0.5) is 0 Å². The van der Waals surface area contributed by atoms with Gasteiger partial charge in [0.2, 0.25) is 15.9 Å². The smallest absolute Gasteiger partial charge is 0.328 e. The first-order chi connectivity index (χ1) is 12.2. The normalized spacial score (nSPS) is 12.3. The molecule has 0 aliphatic rings. The number of sulfonamides is 1. The molecule has 2 N–H and O–H groups in total. The van der Waals surface area contributed by atoms with Crippen molar-refractivity contribution < 1.29 is 27.5 Å². The number of esters is 1. The van der Waals surface area contributed by atoms with Gasteiger partial charge in [0.25, 0.3) is 0 Å². The minimum Gasteiger partial charge on any atom is -0.467 e. The van der Waals surface area contributed by atoms with Crippen molar-refractivity contribution in [1.82, 2.24) is 10.0 Å². The van der Waals surface area contributed by atoms with E-state index >= 15 is 0 Å². The Kier molecular flexibility index (Phi) is 8.40. The van der Waals surface area contributed by atoms with Gasteiger partial charge in [0.15, 0.2) is 5.78 Å². The molecule has 0 aromatic heterocycles. The number of ether oxygens (including phenoxy) is 1. The van der Waals surface area contributed by atoms with E-state index in [-0.39, 0.29) is 10.7 Å². The van der Waals surface area contributed by atoms with Crippen LogP contribution in [-0.4, -0.2) is 45.8 Å². The Bertz CT molecular complexity index is 743. The average Bonchev–Trinajstić information content (AvgIpc) is 2.62. The van der Waals surface area contributed by atoms with Crippen molar-refractivity contribution in [3.8, 4) is 0 Å². The van der Waals surface area contributed by atoms with Crippen LogP contribution >= 0.6 is 0 Å². The lowest BCUT2D eigenvalue weighted by Crippen LogP contribution is -2.45. The second-order valence-electron chi connectivity index (χ2n) is 5.69. The van der Waals surface area contributed by atoms with Gasteiger partial charge in [-0.25, -0.2) is 17.9 Å². The van der Waals surface area contributed by atoms with Crippen molar-refractivity contribution in [1.29, 1.82) is 0 Å². The van der Waals surface area contributed by atoms with Gasteiger partial charge in [-0.05, 0) is 25.5 Å². The summed E-state index contributed by atoms with van der Waals surface area (Å²) in [4.78, 5) is 34.8. The predicted octanol–water partition coefficient (Wildman–Crippen LogP) is 1.02. The number of ketones is 1. The molecule has 144 valence electrons. The van der Waals surface area contributed by atoms with Crippen LogP contribution in [0, 0.1) is 0 Å². The zero-order valence-electron chi connectivity index (χ0n) is 15.1. The fourth-order valence-electron chi connectivity index (χ4n) is 2.16. The number of benzene rings is 1. The molecule has 1 aromatic carbocycles. The number of Topliss-reactive ketones (excluding diaryl/α,β-unsaturated/α-hetero) is 1. The first-order valence-electron chi connectivity index (χ1n) is 8.19. The first kappa shape index (κ1) is 21.8. The highest BCUT2D eigenvalue weighted by Crippen LogP contribution is 2.11. The number of carbonyl (C=O) groups is 3. The van der Waals surface area contributed by atoms with Gasteiger partial charge in [-0.15, -0.1) is 0 Å². The summed E-state index contributed by atoms with van der Waals surface area (Å²) >= 11 is 0. The van der Waals surface area contributed by atoms with E-state index in [0.717, 1.165) is 6.42 Å². The molecule has 0 radical (unpaired) electrons. The van der Waals surface area contributed by atoms with Crippen molar-refractivity contribution in [2.45, 2.75) is 44.0 Å². The molecule has 1 rings (SSSR count). The quantitative estimate of drug-likeness (QED) is 0.459. The lowest BCUT2D eigenvalue weighted by molar-refractivity contribution is -0.145. The van der Waals surface area contributed by atoms with Gasteiger partial charge >= 0.3 is 5.97 Å². The molecule has 0 aliphatic heterocycles. The van der Waals surface area contributed by atoms with Gasteiger partial charge in [0, 0.05) is 5.56 Å². The molecule has 1 unspecified atom stereocenters. The van der Waals surface area contributed by atoms with Crippen LogP contribution in [0.1, 0.15) is 43.5 Å². The number of hydrogen-bond donors (Lipinski definition) is 2. The topological polar surface area (TPSA) is 119 Å². The molecule has 8 nitrogen and oxygen atoms in total. The highest BCUT2D eigenvalue weighted by atomic mass is 32.2. The molecule has 0 fully saturated rings. The summed E-state index contributed by atoms with van der Waals surface area (Å²) in [6.45, 7) is 2.81. The molecule has 1 atom stereocenters. The van der Waals surface area contributed by atoms with Crippen LogP contribution in [0.3, 0.4) is 0 Å². The zero-order chi connectivity index (χ0) is 19.7.